The third-order valence-electron chi connectivity index (χ3n) is 6.16. The molecule has 0 amide bonds. The lowest BCUT2D eigenvalue weighted by atomic mass is 9.72. The molecule has 5 rings (SSSR count). The van der Waals surface area contributed by atoms with Crippen LogP contribution in [0.15, 0.2) is 84.9 Å². The summed E-state index contributed by atoms with van der Waals surface area (Å²) in [6.07, 6.45) is 0. The molecule has 1 heteroatoms. The lowest BCUT2D eigenvalue weighted by Crippen LogP contribution is -2.30. The average molecular weight is 373 g/mol. The quantitative estimate of drug-likeness (QED) is 0.365. The summed E-state index contributed by atoms with van der Waals surface area (Å²) < 4.78 is 0. The van der Waals surface area contributed by atoms with E-state index in [0.29, 0.717) is 0 Å². The largest absolute Gasteiger partial charge is 0.344 e. The van der Waals surface area contributed by atoms with Crippen LogP contribution >= 0.6 is 0 Å². The predicted octanol–water partition coefficient (Wildman–Crippen LogP) is 7.03. The van der Waals surface area contributed by atoms with Gasteiger partial charge in [-0.1, -0.05) is 68.4 Å². The Morgan fingerprint density at radius 1 is 0.655 bits per heavy atom. The van der Waals surface area contributed by atoms with Crippen molar-refractivity contribution in [3.63, 3.8) is 0 Å². The zero-order valence-corrected chi connectivity index (χ0v) is 17.0. The minimum absolute atomic E-state index is 0.0946. The zero-order chi connectivity index (χ0) is 20.0. The van der Waals surface area contributed by atoms with Gasteiger partial charge >= 0.3 is 0 Å². The lowest BCUT2D eigenvalue weighted by molar-refractivity contribution is 0.630. The molecule has 1 nitrogen and oxygen atoms in total. The number of hydrogen-bond acceptors (Lipinski definition) is 1. The van der Waals surface area contributed by atoms with Crippen LogP contribution in [0.3, 0.4) is 0 Å². The van der Waals surface area contributed by atoms with Crippen LogP contribution in [-0.2, 0) is 5.41 Å². The van der Waals surface area contributed by atoms with E-state index in [4.69, 9.17) is 0 Å². The number of fused-ring (bicyclic) bond motifs is 2. The Morgan fingerprint density at radius 2 is 1.28 bits per heavy atom. The van der Waals surface area contributed by atoms with E-state index in [0.717, 1.165) is 0 Å². The molecule has 0 spiro atoms. The van der Waals surface area contributed by atoms with Crippen LogP contribution in [0.4, 0.5) is 11.4 Å². The smallest absolute Gasteiger partial charge is 0.0450 e. The molecule has 0 bridgehead atoms. The first-order valence-corrected chi connectivity index (χ1v) is 10.0. The molecule has 0 aliphatic carbocycles. The summed E-state index contributed by atoms with van der Waals surface area (Å²) in [6, 6.07) is 36.4. The molecule has 0 unspecified atom stereocenters. The van der Waals surface area contributed by atoms with Gasteiger partial charge in [0.25, 0.3) is 0 Å². The van der Waals surface area contributed by atoms with Crippen molar-refractivity contribution >= 4 is 11.4 Å². The molecule has 0 radical (unpaired) electrons. The van der Waals surface area contributed by atoms with E-state index in [1.165, 1.54) is 44.8 Å². The second-order valence-electron chi connectivity index (χ2n) is 8.24. The summed E-state index contributed by atoms with van der Waals surface area (Å²) >= 11 is 0. The van der Waals surface area contributed by atoms with Gasteiger partial charge in [0.05, 0.1) is 0 Å². The van der Waals surface area contributed by atoms with Crippen molar-refractivity contribution in [1.29, 1.82) is 0 Å². The molecular formula is C28H23N. The maximum absolute atomic E-state index is 3.07. The Balaban J connectivity index is 1.67. The molecule has 140 valence electrons. The molecule has 0 saturated carbocycles. The Bertz CT molecular complexity index is 1080. The lowest BCUT2D eigenvalue weighted by Gasteiger charge is -2.41. The minimum atomic E-state index is -0.0946. The van der Waals surface area contributed by atoms with E-state index in [9.17, 15) is 0 Å². The van der Waals surface area contributed by atoms with Crippen molar-refractivity contribution in [3.8, 4) is 22.3 Å². The minimum Gasteiger partial charge on any atom is -0.344 e. The molecule has 0 saturated heterocycles. The maximum Gasteiger partial charge on any atom is 0.0450 e. The van der Waals surface area contributed by atoms with E-state index >= 15 is 0 Å². The summed E-state index contributed by atoms with van der Waals surface area (Å²) in [5, 5.41) is 0. The second kappa shape index (κ2) is 6.54. The van der Waals surface area contributed by atoms with Gasteiger partial charge in [0, 0.05) is 23.8 Å². The van der Waals surface area contributed by atoms with Crippen LogP contribution in [0.5, 0.6) is 0 Å². The average Bonchev–Trinajstić information content (AvgIpc) is 2.78. The van der Waals surface area contributed by atoms with Gasteiger partial charge in [-0.2, -0.15) is 0 Å². The Labute approximate surface area is 173 Å². The highest BCUT2D eigenvalue weighted by Crippen LogP contribution is 2.50. The molecule has 0 fully saturated rings. The van der Waals surface area contributed by atoms with Gasteiger partial charge in [0.2, 0.25) is 0 Å². The van der Waals surface area contributed by atoms with Crippen molar-refractivity contribution in [1.82, 2.24) is 0 Å². The molecule has 1 aliphatic heterocycles. The highest BCUT2D eigenvalue weighted by Gasteiger charge is 2.35. The SMILES string of the molecule is CN1c2ccc(-c3cc#ccc3)cc2C(C)(C)c2cc(-c3ccccc3)ccc21. The van der Waals surface area contributed by atoms with E-state index < -0.39 is 0 Å². The van der Waals surface area contributed by atoms with Crippen LogP contribution in [-0.4, -0.2) is 7.05 Å². The van der Waals surface area contributed by atoms with Gasteiger partial charge in [0.1, 0.15) is 0 Å². The van der Waals surface area contributed by atoms with Gasteiger partial charge in [-0.15, -0.1) is 0 Å². The van der Waals surface area contributed by atoms with E-state index in [1.54, 1.807) is 0 Å². The Morgan fingerprint density at radius 3 is 1.86 bits per heavy atom. The first-order chi connectivity index (χ1) is 14.1. The molecule has 1 aliphatic rings. The van der Waals surface area contributed by atoms with Crippen LogP contribution < -0.4 is 4.90 Å². The normalized spacial score (nSPS) is 14.0. The Kier molecular flexibility index (Phi) is 3.96. The molecule has 29 heavy (non-hydrogen) atoms. The molecule has 4 aromatic carbocycles. The van der Waals surface area contributed by atoms with Crippen molar-refractivity contribution in [2.45, 2.75) is 19.3 Å². The van der Waals surface area contributed by atoms with Crippen LogP contribution in [0, 0.1) is 12.1 Å². The van der Waals surface area contributed by atoms with Gasteiger partial charge in [-0.25, -0.2) is 0 Å². The number of anilines is 2. The van der Waals surface area contributed by atoms with Gasteiger partial charge in [-0.05, 0) is 75.8 Å². The van der Waals surface area contributed by atoms with Crippen molar-refractivity contribution < 1.29 is 0 Å². The Hall–Kier alpha value is -3.50. The number of rotatable bonds is 2. The van der Waals surface area contributed by atoms with Gasteiger partial charge < -0.3 is 4.90 Å². The van der Waals surface area contributed by atoms with Crippen molar-refractivity contribution in [2.24, 2.45) is 0 Å². The van der Waals surface area contributed by atoms with Crippen LogP contribution in [0.1, 0.15) is 25.0 Å². The fourth-order valence-electron chi connectivity index (χ4n) is 4.45. The fraction of sp³-hybridized carbons (Fsp3) is 0.143. The summed E-state index contributed by atoms with van der Waals surface area (Å²) in [6.45, 7) is 4.67. The van der Waals surface area contributed by atoms with Crippen LogP contribution in [0.2, 0.25) is 0 Å². The first kappa shape index (κ1) is 17.6. The summed E-state index contributed by atoms with van der Waals surface area (Å²) in [4.78, 5) is 2.32. The summed E-state index contributed by atoms with van der Waals surface area (Å²) in [7, 11) is 2.17. The van der Waals surface area contributed by atoms with E-state index in [1.807, 2.05) is 12.1 Å². The third kappa shape index (κ3) is 2.80. The number of hydrogen-bond donors (Lipinski definition) is 0. The second-order valence-corrected chi connectivity index (χ2v) is 8.24. The maximum atomic E-state index is 3.07. The van der Waals surface area contributed by atoms with Crippen molar-refractivity contribution in [2.75, 3.05) is 11.9 Å². The zero-order valence-electron chi connectivity index (χ0n) is 17.0. The van der Waals surface area contributed by atoms with Gasteiger partial charge in [-0.3, -0.25) is 0 Å². The molecule has 1 heterocycles. The topological polar surface area (TPSA) is 3.24 Å². The first-order valence-electron chi connectivity index (χ1n) is 10.0. The number of benzene rings is 3. The van der Waals surface area contributed by atoms with E-state index in [2.05, 4.69) is 111 Å². The molecule has 0 atom stereocenters. The summed E-state index contributed by atoms with van der Waals surface area (Å²) in [5.74, 6) is 0. The highest BCUT2D eigenvalue weighted by molar-refractivity contribution is 5.82. The molecule has 4 aromatic rings. The highest BCUT2D eigenvalue weighted by atomic mass is 15.1. The molecule has 0 N–H and O–H groups in total. The standard InChI is InChI=1S/C28H23N/c1-28(2)24-18-22(20-10-6-4-7-11-20)14-16-26(24)29(3)27-17-15-23(19-25(27)28)21-12-8-5-9-13-21/h4,6-8,10-19H,1-3H3. The summed E-state index contributed by atoms with van der Waals surface area (Å²) in [5.41, 5.74) is 10.1. The van der Waals surface area contributed by atoms with E-state index in [-0.39, 0.29) is 5.41 Å². The predicted molar refractivity (Wildman–Crippen MR) is 122 cm³/mol. The van der Waals surface area contributed by atoms with Crippen LogP contribution in [0.25, 0.3) is 22.3 Å². The molecule has 0 aromatic heterocycles. The molecular weight excluding hydrogens is 350 g/mol. The third-order valence-corrected chi connectivity index (χ3v) is 6.16. The fourth-order valence-corrected chi connectivity index (χ4v) is 4.45. The monoisotopic (exact) mass is 373 g/mol. The van der Waals surface area contributed by atoms with Gasteiger partial charge in [0.15, 0.2) is 0 Å². The number of nitrogens with zero attached hydrogens (tertiary/aromatic N) is 1. The van der Waals surface area contributed by atoms with Crippen molar-refractivity contribution in [3.05, 3.63) is 108 Å².